The zero-order valence-corrected chi connectivity index (χ0v) is 12.9. The molecular formula is C16H20N2OS. The fraction of sp³-hybridized carbons (Fsp3) is 0.312. The molecule has 2 rings (SSSR count). The molecule has 1 heterocycles. The lowest BCUT2D eigenvalue weighted by molar-refractivity contribution is 0.394. The third-order valence-electron chi connectivity index (χ3n) is 3.25. The van der Waals surface area contributed by atoms with Gasteiger partial charge in [0.1, 0.15) is 0 Å². The number of nitrogens with one attached hydrogen (secondary N) is 1. The van der Waals surface area contributed by atoms with Gasteiger partial charge in [-0.2, -0.15) is 0 Å². The lowest BCUT2D eigenvalue weighted by Gasteiger charge is -2.11. The van der Waals surface area contributed by atoms with Crippen molar-refractivity contribution in [1.29, 1.82) is 0 Å². The Morgan fingerprint density at radius 1 is 1.25 bits per heavy atom. The first kappa shape index (κ1) is 14.9. The highest BCUT2D eigenvalue weighted by Gasteiger charge is 2.05. The molecule has 0 amide bonds. The molecule has 0 radical (unpaired) electrons. The van der Waals surface area contributed by atoms with E-state index in [0.29, 0.717) is 11.9 Å². The van der Waals surface area contributed by atoms with Crippen molar-refractivity contribution in [2.45, 2.75) is 23.6 Å². The summed E-state index contributed by atoms with van der Waals surface area (Å²) in [5, 5.41) is 3.24. The summed E-state index contributed by atoms with van der Waals surface area (Å²) in [5.74, 6) is 1.57. The molecule has 0 saturated heterocycles. The maximum atomic E-state index is 5.27. The molecule has 0 fully saturated rings. The zero-order chi connectivity index (χ0) is 14.4. The predicted molar refractivity (Wildman–Crippen MR) is 84.3 cm³/mol. The number of aromatic nitrogens is 1. The maximum Gasteiger partial charge on any atom is 0.217 e. The summed E-state index contributed by atoms with van der Waals surface area (Å²) in [6, 6.07) is 13.0. The van der Waals surface area contributed by atoms with Gasteiger partial charge in [-0.15, -0.1) is 11.8 Å². The van der Waals surface area contributed by atoms with E-state index in [1.54, 1.807) is 25.1 Å². The second-order valence-corrected chi connectivity index (χ2v) is 5.59. The molecule has 1 aromatic carbocycles. The van der Waals surface area contributed by atoms with Crippen LogP contribution in [0.4, 0.5) is 0 Å². The van der Waals surface area contributed by atoms with Crippen LogP contribution in [0.1, 0.15) is 24.1 Å². The molecule has 1 unspecified atom stereocenters. The van der Waals surface area contributed by atoms with Crippen molar-refractivity contribution in [2.75, 3.05) is 14.2 Å². The van der Waals surface area contributed by atoms with E-state index in [1.807, 2.05) is 13.1 Å². The van der Waals surface area contributed by atoms with Crippen molar-refractivity contribution >= 4 is 11.8 Å². The van der Waals surface area contributed by atoms with Gasteiger partial charge in [-0.25, -0.2) is 4.98 Å². The van der Waals surface area contributed by atoms with Gasteiger partial charge in [0.25, 0.3) is 0 Å². The molecule has 106 valence electrons. The number of ether oxygens (including phenoxy) is 1. The normalized spacial score (nSPS) is 12.2. The van der Waals surface area contributed by atoms with Gasteiger partial charge in [-0.1, -0.05) is 18.2 Å². The topological polar surface area (TPSA) is 34.2 Å². The number of nitrogens with zero attached hydrogens (tertiary/aromatic N) is 1. The highest BCUT2D eigenvalue weighted by molar-refractivity contribution is 7.98. The molecule has 1 atom stereocenters. The van der Waals surface area contributed by atoms with Crippen LogP contribution in [0.15, 0.2) is 47.5 Å². The number of hydrogen-bond donors (Lipinski definition) is 1. The van der Waals surface area contributed by atoms with Crippen LogP contribution in [-0.2, 0) is 5.75 Å². The zero-order valence-electron chi connectivity index (χ0n) is 12.1. The van der Waals surface area contributed by atoms with Gasteiger partial charge in [0.15, 0.2) is 0 Å². The van der Waals surface area contributed by atoms with E-state index in [-0.39, 0.29) is 0 Å². The Bertz CT molecular complexity index is 542. The quantitative estimate of drug-likeness (QED) is 0.823. The molecule has 1 aromatic heterocycles. The van der Waals surface area contributed by atoms with Gasteiger partial charge in [-0.05, 0) is 37.7 Å². The van der Waals surface area contributed by atoms with Gasteiger partial charge >= 0.3 is 0 Å². The first-order chi connectivity index (χ1) is 9.74. The molecular weight excluding hydrogens is 268 g/mol. The molecule has 0 aliphatic rings. The molecule has 2 aromatic rings. The highest BCUT2D eigenvalue weighted by atomic mass is 32.2. The number of pyridine rings is 1. The summed E-state index contributed by atoms with van der Waals surface area (Å²) in [7, 11) is 3.63. The van der Waals surface area contributed by atoms with Crippen LogP contribution in [0, 0.1) is 0 Å². The number of thioether (sulfide) groups is 1. The largest absolute Gasteiger partial charge is 0.481 e. The maximum absolute atomic E-state index is 5.27. The summed E-state index contributed by atoms with van der Waals surface area (Å²) in [6.07, 6.45) is 1.75. The number of methoxy groups -OCH3 is 1. The van der Waals surface area contributed by atoms with E-state index in [9.17, 15) is 0 Å². The van der Waals surface area contributed by atoms with Gasteiger partial charge in [0, 0.05) is 28.5 Å². The van der Waals surface area contributed by atoms with E-state index >= 15 is 0 Å². The SMILES string of the molecule is CNC(C)c1ccc(SCc2cccnc2OC)cc1. The summed E-state index contributed by atoms with van der Waals surface area (Å²) < 4.78 is 5.27. The molecule has 0 aliphatic heterocycles. The average Bonchev–Trinajstić information content (AvgIpc) is 2.53. The molecule has 3 nitrogen and oxygen atoms in total. The van der Waals surface area contributed by atoms with Crippen LogP contribution in [0.25, 0.3) is 0 Å². The minimum absolute atomic E-state index is 0.382. The monoisotopic (exact) mass is 288 g/mol. The molecule has 1 N–H and O–H groups in total. The Morgan fingerprint density at radius 2 is 2.00 bits per heavy atom. The number of rotatable bonds is 6. The van der Waals surface area contributed by atoms with Crippen LogP contribution in [-0.4, -0.2) is 19.1 Å². The lowest BCUT2D eigenvalue weighted by atomic mass is 10.1. The summed E-state index contributed by atoms with van der Waals surface area (Å²) >= 11 is 1.79. The smallest absolute Gasteiger partial charge is 0.217 e. The molecule has 0 spiro atoms. The van der Waals surface area contributed by atoms with E-state index < -0.39 is 0 Å². The van der Waals surface area contributed by atoms with Crippen molar-refractivity contribution < 1.29 is 4.74 Å². The van der Waals surface area contributed by atoms with E-state index in [0.717, 1.165) is 11.3 Å². The fourth-order valence-electron chi connectivity index (χ4n) is 1.90. The van der Waals surface area contributed by atoms with Crippen molar-refractivity contribution in [3.63, 3.8) is 0 Å². The van der Waals surface area contributed by atoms with Crippen molar-refractivity contribution in [3.05, 3.63) is 53.7 Å². The second kappa shape index (κ2) is 7.31. The standard InChI is InChI=1S/C16H20N2OS/c1-12(17-2)13-6-8-15(9-7-13)20-11-14-5-4-10-18-16(14)19-3/h4-10,12,17H,11H2,1-3H3. The molecule has 0 aliphatic carbocycles. The van der Waals surface area contributed by atoms with Gasteiger partial charge in [-0.3, -0.25) is 0 Å². The third kappa shape index (κ3) is 3.74. The minimum Gasteiger partial charge on any atom is -0.481 e. The Hall–Kier alpha value is -1.52. The fourth-order valence-corrected chi connectivity index (χ4v) is 2.77. The van der Waals surface area contributed by atoms with Crippen LogP contribution in [0.5, 0.6) is 5.88 Å². The summed E-state index contributed by atoms with van der Waals surface area (Å²) in [5.41, 5.74) is 2.42. The number of benzene rings is 1. The van der Waals surface area contributed by atoms with Crippen LogP contribution in [0.2, 0.25) is 0 Å². The predicted octanol–water partition coefficient (Wildman–Crippen LogP) is 3.66. The summed E-state index contributed by atoms with van der Waals surface area (Å²) in [6.45, 7) is 2.16. The summed E-state index contributed by atoms with van der Waals surface area (Å²) in [4.78, 5) is 5.47. The van der Waals surface area contributed by atoms with Crippen molar-refractivity contribution in [1.82, 2.24) is 10.3 Å². The van der Waals surface area contributed by atoms with E-state index in [4.69, 9.17) is 4.74 Å². The van der Waals surface area contributed by atoms with Gasteiger partial charge in [0.2, 0.25) is 5.88 Å². The molecule has 20 heavy (non-hydrogen) atoms. The van der Waals surface area contributed by atoms with Crippen LogP contribution < -0.4 is 10.1 Å². The first-order valence-corrected chi connectivity index (χ1v) is 7.61. The molecule has 0 saturated carbocycles. The third-order valence-corrected chi connectivity index (χ3v) is 4.31. The Kier molecular flexibility index (Phi) is 5.44. The Balaban J connectivity index is 2.00. The van der Waals surface area contributed by atoms with Gasteiger partial charge < -0.3 is 10.1 Å². The first-order valence-electron chi connectivity index (χ1n) is 6.62. The van der Waals surface area contributed by atoms with Crippen molar-refractivity contribution in [3.8, 4) is 5.88 Å². The molecule has 0 bridgehead atoms. The average molecular weight is 288 g/mol. The second-order valence-electron chi connectivity index (χ2n) is 4.54. The van der Waals surface area contributed by atoms with Gasteiger partial charge in [0.05, 0.1) is 7.11 Å². The van der Waals surface area contributed by atoms with Crippen molar-refractivity contribution in [2.24, 2.45) is 0 Å². The van der Waals surface area contributed by atoms with E-state index in [2.05, 4.69) is 47.6 Å². The minimum atomic E-state index is 0.382. The highest BCUT2D eigenvalue weighted by Crippen LogP contribution is 2.27. The van der Waals surface area contributed by atoms with Crippen LogP contribution >= 0.6 is 11.8 Å². The van der Waals surface area contributed by atoms with Crippen LogP contribution in [0.3, 0.4) is 0 Å². The Labute approximate surface area is 124 Å². The molecule has 4 heteroatoms. The lowest BCUT2D eigenvalue weighted by Crippen LogP contribution is -2.11. The Morgan fingerprint density at radius 3 is 2.65 bits per heavy atom. The van der Waals surface area contributed by atoms with E-state index in [1.165, 1.54) is 10.5 Å². The number of hydrogen-bond acceptors (Lipinski definition) is 4.